The summed E-state index contributed by atoms with van der Waals surface area (Å²) >= 11 is 6.21. The number of aromatic nitrogens is 1. The van der Waals surface area contributed by atoms with E-state index in [0.29, 0.717) is 28.8 Å². The molecule has 1 aromatic heterocycles. The van der Waals surface area contributed by atoms with E-state index in [2.05, 4.69) is 10.3 Å². The Balaban J connectivity index is 2.31. The number of anilines is 1. The molecule has 2 rings (SSSR count). The van der Waals surface area contributed by atoms with Crippen LogP contribution in [0.25, 0.3) is 0 Å². The number of rotatable bonds is 4. The topological polar surface area (TPSA) is 51.2 Å². The fraction of sp³-hybridized carbons (Fsp3) is 0.250. The zero-order valence-corrected chi connectivity index (χ0v) is 13.0. The standard InChI is InChI=1S/C16H17ClN2O2/c1-4-21-16-12(6-5-7-18-16)15(20)19-14-11(3)8-10(2)9-13(14)17/h5-9H,4H2,1-3H3,(H,19,20). The monoisotopic (exact) mass is 304 g/mol. The highest BCUT2D eigenvalue weighted by molar-refractivity contribution is 6.34. The number of carbonyl (C=O) groups is 1. The molecular formula is C16H17ClN2O2. The lowest BCUT2D eigenvalue weighted by molar-refractivity contribution is 0.102. The largest absolute Gasteiger partial charge is 0.477 e. The van der Waals surface area contributed by atoms with Crippen LogP contribution in [-0.4, -0.2) is 17.5 Å². The van der Waals surface area contributed by atoms with Gasteiger partial charge in [0.2, 0.25) is 5.88 Å². The minimum absolute atomic E-state index is 0.291. The van der Waals surface area contributed by atoms with Gasteiger partial charge in [0.15, 0.2) is 0 Å². The van der Waals surface area contributed by atoms with E-state index in [0.717, 1.165) is 11.1 Å². The van der Waals surface area contributed by atoms with Gasteiger partial charge in [0.05, 0.1) is 17.3 Å². The fourth-order valence-electron chi connectivity index (χ4n) is 2.07. The number of amides is 1. The minimum atomic E-state index is -0.291. The van der Waals surface area contributed by atoms with Gasteiger partial charge in [0.1, 0.15) is 5.56 Å². The summed E-state index contributed by atoms with van der Waals surface area (Å²) in [6.45, 7) is 6.15. The molecule has 1 heterocycles. The van der Waals surface area contributed by atoms with E-state index < -0.39 is 0 Å². The van der Waals surface area contributed by atoms with Crippen LogP contribution in [0.15, 0.2) is 30.5 Å². The number of carbonyl (C=O) groups excluding carboxylic acids is 1. The molecule has 2 aromatic rings. The third-order valence-electron chi connectivity index (χ3n) is 2.97. The van der Waals surface area contributed by atoms with Crippen LogP contribution in [0.1, 0.15) is 28.4 Å². The van der Waals surface area contributed by atoms with E-state index in [1.54, 1.807) is 18.3 Å². The van der Waals surface area contributed by atoms with E-state index in [1.165, 1.54) is 0 Å². The molecule has 4 nitrogen and oxygen atoms in total. The van der Waals surface area contributed by atoms with E-state index >= 15 is 0 Å². The van der Waals surface area contributed by atoms with Gasteiger partial charge in [-0.3, -0.25) is 4.79 Å². The number of benzene rings is 1. The van der Waals surface area contributed by atoms with Crippen molar-refractivity contribution in [2.45, 2.75) is 20.8 Å². The summed E-state index contributed by atoms with van der Waals surface area (Å²) in [7, 11) is 0. The molecule has 5 heteroatoms. The van der Waals surface area contributed by atoms with Crippen molar-refractivity contribution in [3.8, 4) is 5.88 Å². The van der Waals surface area contributed by atoms with E-state index in [9.17, 15) is 4.79 Å². The van der Waals surface area contributed by atoms with Crippen LogP contribution >= 0.6 is 11.6 Å². The highest BCUT2D eigenvalue weighted by Crippen LogP contribution is 2.28. The van der Waals surface area contributed by atoms with Crippen molar-refractivity contribution in [2.75, 3.05) is 11.9 Å². The molecule has 0 aliphatic rings. The average Bonchev–Trinajstić information content (AvgIpc) is 2.43. The van der Waals surface area contributed by atoms with Crippen molar-refractivity contribution in [1.29, 1.82) is 0 Å². The number of hydrogen-bond donors (Lipinski definition) is 1. The van der Waals surface area contributed by atoms with Crippen molar-refractivity contribution < 1.29 is 9.53 Å². The fourth-order valence-corrected chi connectivity index (χ4v) is 2.44. The van der Waals surface area contributed by atoms with Crippen LogP contribution in [0.5, 0.6) is 5.88 Å². The van der Waals surface area contributed by atoms with Gasteiger partial charge in [-0.25, -0.2) is 4.98 Å². The number of ether oxygens (including phenoxy) is 1. The number of nitrogens with one attached hydrogen (secondary N) is 1. The van der Waals surface area contributed by atoms with Crippen LogP contribution in [0, 0.1) is 13.8 Å². The lowest BCUT2D eigenvalue weighted by atomic mass is 10.1. The number of halogens is 1. The maximum atomic E-state index is 12.4. The Kier molecular flexibility index (Phi) is 4.81. The van der Waals surface area contributed by atoms with Crippen LogP contribution in [0.4, 0.5) is 5.69 Å². The van der Waals surface area contributed by atoms with Crippen molar-refractivity contribution in [2.24, 2.45) is 0 Å². The Morgan fingerprint density at radius 2 is 2.14 bits per heavy atom. The zero-order valence-electron chi connectivity index (χ0n) is 12.2. The average molecular weight is 305 g/mol. The second-order valence-corrected chi connectivity index (χ2v) is 5.09. The lowest BCUT2D eigenvalue weighted by Gasteiger charge is -2.13. The van der Waals surface area contributed by atoms with Gasteiger partial charge < -0.3 is 10.1 Å². The summed E-state index contributed by atoms with van der Waals surface area (Å²) in [4.78, 5) is 16.5. The first-order valence-electron chi connectivity index (χ1n) is 6.68. The van der Waals surface area contributed by atoms with Gasteiger partial charge in [-0.1, -0.05) is 17.7 Å². The quantitative estimate of drug-likeness (QED) is 0.928. The van der Waals surface area contributed by atoms with Gasteiger partial charge in [-0.05, 0) is 50.1 Å². The predicted molar refractivity (Wildman–Crippen MR) is 84.3 cm³/mol. The van der Waals surface area contributed by atoms with Gasteiger partial charge in [-0.2, -0.15) is 0 Å². The van der Waals surface area contributed by atoms with E-state index in [1.807, 2.05) is 32.9 Å². The van der Waals surface area contributed by atoms with E-state index in [-0.39, 0.29) is 5.91 Å². The summed E-state index contributed by atoms with van der Waals surface area (Å²) in [5.41, 5.74) is 2.95. The van der Waals surface area contributed by atoms with Crippen LogP contribution in [0.3, 0.4) is 0 Å². The first-order valence-corrected chi connectivity index (χ1v) is 7.06. The summed E-state index contributed by atoms with van der Waals surface area (Å²) in [6, 6.07) is 7.15. The molecule has 1 amide bonds. The number of hydrogen-bond acceptors (Lipinski definition) is 3. The Morgan fingerprint density at radius 1 is 1.38 bits per heavy atom. The molecule has 0 saturated carbocycles. The van der Waals surface area contributed by atoms with E-state index in [4.69, 9.17) is 16.3 Å². The first kappa shape index (κ1) is 15.3. The predicted octanol–water partition coefficient (Wildman–Crippen LogP) is 4.00. The van der Waals surface area contributed by atoms with Crippen molar-refractivity contribution in [1.82, 2.24) is 4.98 Å². The Hall–Kier alpha value is -2.07. The SMILES string of the molecule is CCOc1ncccc1C(=O)Nc1c(C)cc(C)cc1Cl. The zero-order chi connectivity index (χ0) is 15.4. The second-order valence-electron chi connectivity index (χ2n) is 4.68. The summed E-state index contributed by atoms with van der Waals surface area (Å²) in [6.07, 6.45) is 1.59. The van der Waals surface area contributed by atoms with Gasteiger partial charge in [0, 0.05) is 6.20 Å². The molecule has 1 aromatic carbocycles. The molecule has 0 unspecified atom stereocenters. The summed E-state index contributed by atoms with van der Waals surface area (Å²) in [5.74, 6) is 0.0267. The summed E-state index contributed by atoms with van der Waals surface area (Å²) in [5, 5.41) is 3.35. The maximum Gasteiger partial charge on any atom is 0.261 e. The second kappa shape index (κ2) is 6.59. The number of aryl methyl sites for hydroxylation is 2. The Morgan fingerprint density at radius 3 is 2.81 bits per heavy atom. The first-order chi connectivity index (χ1) is 10.0. The molecule has 0 fully saturated rings. The normalized spacial score (nSPS) is 10.3. The number of pyridine rings is 1. The molecule has 0 saturated heterocycles. The summed E-state index contributed by atoms with van der Waals surface area (Å²) < 4.78 is 5.37. The molecule has 0 aliphatic heterocycles. The van der Waals surface area contributed by atoms with Crippen molar-refractivity contribution >= 4 is 23.2 Å². The van der Waals surface area contributed by atoms with Crippen molar-refractivity contribution in [3.05, 3.63) is 52.2 Å². The Labute approximate surface area is 129 Å². The third-order valence-corrected chi connectivity index (χ3v) is 3.27. The van der Waals surface area contributed by atoms with Gasteiger partial charge in [0.25, 0.3) is 5.91 Å². The van der Waals surface area contributed by atoms with Gasteiger partial charge in [-0.15, -0.1) is 0 Å². The third kappa shape index (κ3) is 3.52. The highest BCUT2D eigenvalue weighted by atomic mass is 35.5. The van der Waals surface area contributed by atoms with Crippen LogP contribution in [0.2, 0.25) is 5.02 Å². The highest BCUT2D eigenvalue weighted by Gasteiger charge is 2.16. The molecule has 0 bridgehead atoms. The molecule has 0 aliphatic carbocycles. The maximum absolute atomic E-state index is 12.4. The molecule has 1 N–H and O–H groups in total. The minimum Gasteiger partial charge on any atom is -0.477 e. The van der Waals surface area contributed by atoms with Crippen molar-refractivity contribution in [3.63, 3.8) is 0 Å². The Bertz CT molecular complexity index is 648. The molecular weight excluding hydrogens is 288 g/mol. The molecule has 0 atom stereocenters. The molecule has 0 spiro atoms. The lowest BCUT2D eigenvalue weighted by Crippen LogP contribution is -2.15. The molecule has 0 radical (unpaired) electrons. The molecule has 110 valence electrons. The van der Waals surface area contributed by atoms with Crippen LogP contribution < -0.4 is 10.1 Å². The van der Waals surface area contributed by atoms with Gasteiger partial charge >= 0.3 is 0 Å². The van der Waals surface area contributed by atoms with Crippen LogP contribution in [-0.2, 0) is 0 Å². The number of nitrogens with zero attached hydrogens (tertiary/aromatic N) is 1. The smallest absolute Gasteiger partial charge is 0.261 e. The molecule has 21 heavy (non-hydrogen) atoms.